The van der Waals surface area contributed by atoms with Crippen molar-refractivity contribution in [2.75, 3.05) is 77.1 Å². The quantitative estimate of drug-likeness (QED) is 0.221. The fraction of sp³-hybridized carbons (Fsp3) is 0.462. The van der Waals surface area contributed by atoms with Crippen molar-refractivity contribution in [3.05, 3.63) is 66.4 Å². The number of hydrogen-bond acceptors (Lipinski definition) is 10. The fourth-order valence-electron chi connectivity index (χ4n) is 8.46. The van der Waals surface area contributed by atoms with Gasteiger partial charge in [-0.1, -0.05) is 36.4 Å². The monoisotopic (exact) mass is 726 g/mol. The number of ether oxygens (including phenoxy) is 2. The number of aromatic nitrogens is 3. The van der Waals surface area contributed by atoms with Crippen molar-refractivity contribution in [1.29, 1.82) is 5.26 Å². The lowest BCUT2D eigenvalue weighted by molar-refractivity contribution is -0.128. The summed E-state index contributed by atoms with van der Waals surface area (Å²) < 4.78 is 58.3. The van der Waals surface area contributed by atoms with Crippen molar-refractivity contribution < 1.29 is 27.4 Å². The molecule has 53 heavy (non-hydrogen) atoms. The highest BCUT2D eigenvalue weighted by molar-refractivity contribution is 5.99. The van der Waals surface area contributed by atoms with Crippen molar-refractivity contribution in [1.82, 2.24) is 29.7 Å². The van der Waals surface area contributed by atoms with Gasteiger partial charge in [-0.15, -0.1) is 0 Å². The molecule has 2 aromatic carbocycles. The molecule has 0 N–H and O–H groups in total. The Morgan fingerprint density at radius 1 is 1.08 bits per heavy atom. The summed E-state index contributed by atoms with van der Waals surface area (Å²) in [5, 5.41) is 10.9. The summed E-state index contributed by atoms with van der Waals surface area (Å²) in [4.78, 5) is 35.2. The molecule has 1 amide bonds. The number of carbonyl (C=O) groups is 1. The van der Waals surface area contributed by atoms with Gasteiger partial charge in [-0.2, -0.15) is 15.2 Å². The van der Waals surface area contributed by atoms with Crippen molar-refractivity contribution in [2.45, 2.75) is 43.4 Å². The number of carbonyl (C=O) groups excluding carboxylic acids is 1. The Hall–Kier alpha value is -4.84. The molecule has 11 nitrogen and oxygen atoms in total. The molecule has 2 aromatic heterocycles. The van der Waals surface area contributed by atoms with Gasteiger partial charge in [0.2, 0.25) is 5.91 Å². The average molecular weight is 727 g/mol. The summed E-state index contributed by atoms with van der Waals surface area (Å²) in [6.07, 6.45) is 6.07. The summed E-state index contributed by atoms with van der Waals surface area (Å²) in [5.74, 6) is -1.09. The molecule has 4 fully saturated rings. The first-order valence-electron chi connectivity index (χ1n) is 18.3. The summed E-state index contributed by atoms with van der Waals surface area (Å²) >= 11 is 0. The molecule has 6 heterocycles. The number of pyridine rings is 1. The van der Waals surface area contributed by atoms with E-state index in [0.717, 1.165) is 32.5 Å². The van der Waals surface area contributed by atoms with Crippen LogP contribution in [0.25, 0.3) is 32.9 Å². The van der Waals surface area contributed by atoms with E-state index < -0.39 is 29.4 Å². The molecular formula is C39H41F3N8O3. The molecule has 14 heteroatoms. The maximum absolute atomic E-state index is 16.8. The molecule has 3 atom stereocenters. The normalized spacial score (nSPS) is 24.0. The average Bonchev–Trinajstić information content (AvgIpc) is 3.70. The van der Waals surface area contributed by atoms with E-state index in [1.807, 2.05) is 11.0 Å². The molecule has 0 spiro atoms. The number of halogens is 3. The summed E-state index contributed by atoms with van der Waals surface area (Å²) in [6.45, 7) is 5.74. The van der Waals surface area contributed by atoms with Gasteiger partial charge in [0.05, 0.1) is 42.7 Å². The van der Waals surface area contributed by atoms with Crippen LogP contribution in [-0.2, 0) is 9.53 Å². The van der Waals surface area contributed by atoms with Gasteiger partial charge in [0, 0.05) is 75.5 Å². The van der Waals surface area contributed by atoms with Crippen LogP contribution in [0.3, 0.4) is 0 Å². The van der Waals surface area contributed by atoms with Gasteiger partial charge < -0.3 is 19.3 Å². The first-order valence-corrected chi connectivity index (χ1v) is 18.3. The number of hydrogen-bond donors (Lipinski definition) is 0. The number of nitrogens with zero attached hydrogens (tertiary/aromatic N) is 8. The number of morpholine rings is 1. The van der Waals surface area contributed by atoms with E-state index in [4.69, 9.17) is 14.5 Å². The Balaban J connectivity index is 1.13. The molecule has 4 saturated heterocycles. The summed E-state index contributed by atoms with van der Waals surface area (Å²) in [7, 11) is 0. The van der Waals surface area contributed by atoms with E-state index in [2.05, 4.69) is 25.8 Å². The van der Waals surface area contributed by atoms with Gasteiger partial charge in [0.25, 0.3) is 0 Å². The molecule has 4 aromatic rings. The van der Waals surface area contributed by atoms with Gasteiger partial charge in [-0.3, -0.25) is 19.6 Å². The van der Waals surface area contributed by atoms with Crippen molar-refractivity contribution in [2.24, 2.45) is 0 Å². The maximum atomic E-state index is 16.8. The second-order valence-corrected chi connectivity index (χ2v) is 14.3. The Morgan fingerprint density at radius 2 is 1.91 bits per heavy atom. The molecule has 4 aliphatic rings. The van der Waals surface area contributed by atoms with E-state index in [0.29, 0.717) is 62.4 Å². The highest BCUT2D eigenvalue weighted by atomic mass is 19.1. The predicted octanol–water partition coefficient (Wildman–Crippen LogP) is 4.90. The summed E-state index contributed by atoms with van der Waals surface area (Å²) in [6, 6.07) is 11.5. The number of amides is 1. The number of rotatable bonds is 9. The lowest BCUT2D eigenvalue weighted by atomic mass is 9.95. The number of piperazine rings is 1. The maximum Gasteiger partial charge on any atom is 0.319 e. The highest BCUT2D eigenvalue weighted by Gasteiger charge is 2.49. The topological polar surface area (TPSA) is 111 Å². The Labute approximate surface area is 305 Å². The number of alkyl halides is 1. The van der Waals surface area contributed by atoms with E-state index in [9.17, 15) is 14.4 Å². The minimum atomic E-state index is -0.954. The van der Waals surface area contributed by atoms with Crippen LogP contribution in [0.1, 0.15) is 25.7 Å². The first-order chi connectivity index (χ1) is 25.8. The minimum absolute atomic E-state index is 0.0553. The molecule has 8 rings (SSSR count). The zero-order chi connectivity index (χ0) is 36.5. The third-order valence-corrected chi connectivity index (χ3v) is 11.1. The highest BCUT2D eigenvalue weighted by Crippen LogP contribution is 2.41. The zero-order valence-corrected chi connectivity index (χ0v) is 29.4. The van der Waals surface area contributed by atoms with Crippen LogP contribution in [0.5, 0.6) is 6.01 Å². The lowest BCUT2D eigenvalue weighted by Gasteiger charge is -2.41. The van der Waals surface area contributed by atoms with E-state index in [-0.39, 0.29) is 53.7 Å². The lowest BCUT2D eigenvalue weighted by Crippen LogP contribution is -2.55. The number of nitriles is 1. The van der Waals surface area contributed by atoms with Crippen LogP contribution in [0.4, 0.5) is 19.0 Å². The number of benzene rings is 2. The molecular weight excluding hydrogens is 685 g/mol. The predicted molar refractivity (Wildman–Crippen MR) is 193 cm³/mol. The minimum Gasteiger partial charge on any atom is -0.461 e. The largest absolute Gasteiger partial charge is 0.461 e. The summed E-state index contributed by atoms with van der Waals surface area (Å²) in [5.41, 5.74) is -0.326. The second-order valence-electron chi connectivity index (χ2n) is 14.3. The van der Waals surface area contributed by atoms with Crippen LogP contribution in [-0.4, -0.2) is 125 Å². The van der Waals surface area contributed by atoms with Gasteiger partial charge in [-0.25, -0.2) is 13.2 Å². The second kappa shape index (κ2) is 14.9. The molecule has 0 radical (unpaired) electrons. The van der Waals surface area contributed by atoms with Crippen LogP contribution in [0.15, 0.2) is 54.7 Å². The van der Waals surface area contributed by atoms with Crippen molar-refractivity contribution in [3.63, 3.8) is 0 Å². The van der Waals surface area contributed by atoms with Gasteiger partial charge in [0.15, 0.2) is 5.82 Å². The van der Waals surface area contributed by atoms with E-state index >= 15 is 8.78 Å². The van der Waals surface area contributed by atoms with Crippen LogP contribution >= 0.6 is 0 Å². The SMILES string of the molecule is N#CC[C@H]1CN(c2nc(OC[C@@]34CCCN3C[C@H](F)C4)nc3c(F)c(-c4cccc5cccc(F)c45)ncc23)CCN1C(=O)/C=C/CN1CCOCC1. The number of anilines is 1. The van der Waals surface area contributed by atoms with Gasteiger partial charge >= 0.3 is 6.01 Å². The molecule has 0 bridgehead atoms. The van der Waals surface area contributed by atoms with Crippen LogP contribution in [0, 0.1) is 23.0 Å². The van der Waals surface area contributed by atoms with E-state index in [1.54, 1.807) is 41.3 Å². The molecule has 0 unspecified atom stereocenters. The van der Waals surface area contributed by atoms with E-state index in [1.165, 1.54) is 12.3 Å². The third-order valence-electron chi connectivity index (χ3n) is 11.1. The van der Waals surface area contributed by atoms with Crippen molar-refractivity contribution in [3.8, 4) is 23.3 Å². The fourth-order valence-corrected chi connectivity index (χ4v) is 8.46. The Kier molecular flexibility index (Phi) is 9.89. The Morgan fingerprint density at radius 3 is 2.74 bits per heavy atom. The smallest absolute Gasteiger partial charge is 0.319 e. The number of fused-ring (bicyclic) bond motifs is 3. The van der Waals surface area contributed by atoms with Gasteiger partial charge in [0.1, 0.15) is 35.6 Å². The Bertz CT molecular complexity index is 2080. The zero-order valence-electron chi connectivity index (χ0n) is 29.4. The molecule has 0 aliphatic carbocycles. The third kappa shape index (κ3) is 6.89. The van der Waals surface area contributed by atoms with Gasteiger partial charge in [-0.05, 0) is 30.8 Å². The molecule has 276 valence electrons. The van der Waals surface area contributed by atoms with Crippen LogP contribution < -0.4 is 9.64 Å². The van der Waals surface area contributed by atoms with Crippen LogP contribution in [0.2, 0.25) is 0 Å². The van der Waals surface area contributed by atoms with Crippen molar-refractivity contribution >= 4 is 33.4 Å². The molecule has 4 aliphatic heterocycles. The molecule has 0 saturated carbocycles. The standard InChI is InChI=1S/C39H41F3N8O3/c40-27-21-39(11-4-14-49(39)23-27)25-53-38-45-36-30(22-44-35(34(36)42)29-7-1-5-26-6-2-8-31(41)33(26)29)37(46-38)48-15-16-50(28(24-48)10-12-43)32(51)9-3-13-47-17-19-52-20-18-47/h1-3,5-9,22,27-28H,4,10-11,13-21,23-25H2/b9-3+/t27-,28+,39+/m1/s1. The first kappa shape index (κ1) is 35.2.